The maximum absolute atomic E-state index is 13.6. The van der Waals surface area contributed by atoms with E-state index in [1.807, 2.05) is 42.2 Å². The second kappa shape index (κ2) is 10.0. The summed E-state index contributed by atoms with van der Waals surface area (Å²) >= 11 is 1.46. The number of nitrogens with zero attached hydrogens (tertiary/aromatic N) is 3. The Morgan fingerprint density at radius 3 is 2.74 bits per heavy atom. The van der Waals surface area contributed by atoms with Crippen LogP contribution >= 0.6 is 11.8 Å². The number of thioether (sulfide) groups is 1. The van der Waals surface area contributed by atoms with Crippen LogP contribution in [-0.4, -0.2) is 22.7 Å². The normalized spacial score (nSPS) is 17.9. The molecule has 2 unspecified atom stereocenters. The molecular weight excluding hydrogens is 438 g/mol. The third-order valence-corrected chi connectivity index (χ3v) is 8.37. The van der Waals surface area contributed by atoms with Gasteiger partial charge in [-0.3, -0.25) is 4.79 Å². The lowest BCUT2D eigenvalue weighted by Crippen LogP contribution is -2.41. The number of pyridine rings is 1. The monoisotopic (exact) mass is 467 g/mol. The molecular formula is C29H29N3OS. The molecule has 0 spiro atoms. The highest BCUT2D eigenvalue weighted by molar-refractivity contribution is 8.00. The van der Waals surface area contributed by atoms with Gasteiger partial charge in [0.2, 0.25) is 5.91 Å². The first kappa shape index (κ1) is 22.7. The van der Waals surface area contributed by atoms with Crippen LogP contribution in [0, 0.1) is 11.3 Å². The minimum atomic E-state index is -0.260. The fourth-order valence-electron chi connectivity index (χ4n) is 5.20. The number of carbonyl (C=O) groups excluding carboxylic acids is 1. The number of aromatic nitrogens is 1. The molecule has 0 N–H and O–H groups in total. The smallest absolute Gasteiger partial charge is 0.240 e. The Balaban J connectivity index is 1.38. The van der Waals surface area contributed by atoms with E-state index in [1.54, 1.807) is 0 Å². The van der Waals surface area contributed by atoms with Crippen LogP contribution in [0.3, 0.4) is 0 Å². The van der Waals surface area contributed by atoms with Gasteiger partial charge in [-0.25, -0.2) is 4.98 Å². The number of fused-ring (bicyclic) bond motifs is 2. The summed E-state index contributed by atoms with van der Waals surface area (Å²) < 4.78 is 0. The van der Waals surface area contributed by atoms with Crippen molar-refractivity contribution in [3.8, 4) is 6.07 Å². The van der Waals surface area contributed by atoms with E-state index in [1.165, 1.54) is 28.5 Å². The van der Waals surface area contributed by atoms with Gasteiger partial charge in [-0.2, -0.15) is 5.26 Å². The molecule has 1 aliphatic carbocycles. The molecule has 1 aromatic heterocycles. The Hall–Kier alpha value is -3.10. The number of aryl methyl sites for hydroxylation is 2. The first-order valence-electron chi connectivity index (χ1n) is 12.2. The summed E-state index contributed by atoms with van der Waals surface area (Å²) in [6.45, 7) is 2.79. The highest BCUT2D eigenvalue weighted by Gasteiger charge is 2.30. The summed E-state index contributed by atoms with van der Waals surface area (Å²) in [5.41, 5.74) is 6.46. The number of nitriles is 1. The van der Waals surface area contributed by atoms with E-state index in [0.717, 1.165) is 50.0 Å². The minimum Gasteiger partial charge on any atom is -0.311 e. The molecule has 0 bridgehead atoms. The summed E-state index contributed by atoms with van der Waals surface area (Å²) in [5.74, 6) is 0.580. The lowest BCUT2D eigenvalue weighted by Gasteiger charge is -2.32. The van der Waals surface area contributed by atoms with E-state index < -0.39 is 0 Å². The average molecular weight is 468 g/mol. The molecule has 3 aromatic rings. The summed E-state index contributed by atoms with van der Waals surface area (Å²) in [7, 11) is 0. The number of para-hydroxylation sites is 1. The van der Waals surface area contributed by atoms with Gasteiger partial charge < -0.3 is 4.90 Å². The largest absolute Gasteiger partial charge is 0.311 e. The van der Waals surface area contributed by atoms with Crippen molar-refractivity contribution in [2.75, 3.05) is 11.4 Å². The van der Waals surface area contributed by atoms with Crippen molar-refractivity contribution < 1.29 is 4.79 Å². The third kappa shape index (κ3) is 4.48. The zero-order valence-electron chi connectivity index (χ0n) is 19.5. The highest BCUT2D eigenvalue weighted by Crippen LogP contribution is 2.37. The zero-order chi connectivity index (χ0) is 23.5. The maximum atomic E-state index is 13.6. The maximum Gasteiger partial charge on any atom is 0.240 e. The van der Waals surface area contributed by atoms with Gasteiger partial charge in [0, 0.05) is 17.9 Å². The van der Waals surface area contributed by atoms with Gasteiger partial charge in [0.1, 0.15) is 11.1 Å². The average Bonchev–Trinajstić information content (AvgIpc) is 2.90. The molecule has 0 saturated heterocycles. The van der Waals surface area contributed by atoms with Crippen LogP contribution in [0.15, 0.2) is 65.7 Å². The minimum absolute atomic E-state index is 0.118. The SMILES string of the molecule is CCC(Sc1nc2c(cc1C#N)CC(c1ccccc1)CC2)C(=O)N1CCCc2ccccc21. The van der Waals surface area contributed by atoms with Gasteiger partial charge in [-0.15, -0.1) is 0 Å². The van der Waals surface area contributed by atoms with Crippen molar-refractivity contribution in [1.29, 1.82) is 5.26 Å². The van der Waals surface area contributed by atoms with Crippen LogP contribution in [0.25, 0.3) is 0 Å². The van der Waals surface area contributed by atoms with E-state index in [2.05, 4.69) is 36.4 Å². The molecule has 5 heteroatoms. The molecule has 2 atom stereocenters. The zero-order valence-corrected chi connectivity index (χ0v) is 20.4. The second-order valence-corrected chi connectivity index (χ2v) is 10.3. The number of rotatable bonds is 5. The van der Waals surface area contributed by atoms with Gasteiger partial charge >= 0.3 is 0 Å². The molecule has 2 aromatic carbocycles. The number of carbonyl (C=O) groups is 1. The Bertz CT molecular complexity index is 1230. The van der Waals surface area contributed by atoms with Crippen molar-refractivity contribution in [3.63, 3.8) is 0 Å². The molecule has 4 nitrogen and oxygen atoms in total. The molecule has 2 aliphatic rings. The van der Waals surface area contributed by atoms with Crippen molar-refractivity contribution in [3.05, 3.63) is 88.6 Å². The quantitative estimate of drug-likeness (QED) is 0.427. The lowest BCUT2D eigenvalue weighted by molar-refractivity contribution is -0.118. The van der Waals surface area contributed by atoms with Crippen LogP contribution in [-0.2, 0) is 24.1 Å². The van der Waals surface area contributed by atoms with Crippen molar-refractivity contribution in [2.45, 2.75) is 61.6 Å². The molecule has 0 fully saturated rings. The van der Waals surface area contributed by atoms with Gasteiger partial charge in [0.05, 0.1) is 10.8 Å². The Morgan fingerprint density at radius 1 is 1.15 bits per heavy atom. The van der Waals surface area contributed by atoms with E-state index in [0.29, 0.717) is 22.9 Å². The number of hydrogen-bond acceptors (Lipinski definition) is 4. The molecule has 1 aliphatic heterocycles. The molecule has 0 radical (unpaired) electrons. The highest BCUT2D eigenvalue weighted by atomic mass is 32.2. The fraction of sp³-hybridized carbons (Fsp3) is 0.345. The van der Waals surface area contributed by atoms with Crippen LogP contribution in [0.1, 0.15) is 60.1 Å². The summed E-state index contributed by atoms with van der Waals surface area (Å²) in [6.07, 6.45) is 5.56. The molecule has 2 heterocycles. The number of benzene rings is 2. The summed E-state index contributed by atoms with van der Waals surface area (Å²) in [5, 5.41) is 10.3. The number of amides is 1. The van der Waals surface area contributed by atoms with Gasteiger partial charge in [-0.1, -0.05) is 67.2 Å². The molecule has 172 valence electrons. The predicted molar refractivity (Wildman–Crippen MR) is 137 cm³/mol. The van der Waals surface area contributed by atoms with Crippen LogP contribution in [0.2, 0.25) is 0 Å². The van der Waals surface area contributed by atoms with Crippen LogP contribution < -0.4 is 4.90 Å². The first-order chi connectivity index (χ1) is 16.7. The predicted octanol–water partition coefficient (Wildman–Crippen LogP) is 6.08. The van der Waals surface area contributed by atoms with Crippen molar-refractivity contribution in [1.82, 2.24) is 4.98 Å². The standard InChI is InChI=1S/C29H29N3OS/c1-2-27(29(33)32-16-8-12-21-11-6-7-13-26(21)32)34-28-24(19-30)18-23-17-22(14-15-25(23)31-28)20-9-4-3-5-10-20/h3-7,9-11,13,18,22,27H,2,8,12,14-17H2,1H3. The lowest BCUT2D eigenvalue weighted by atomic mass is 9.82. The Kier molecular flexibility index (Phi) is 6.69. The third-order valence-electron chi connectivity index (χ3n) is 7.02. The fourth-order valence-corrected chi connectivity index (χ4v) is 6.26. The topological polar surface area (TPSA) is 57.0 Å². The van der Waals surface area contributed by atoms with E-state index in [4.69, 9.17) is 4.98 Å². The van der Waals surface area contributed by atoms with Crippen molar-refractivity contribution >= 4 is 23.4 Å². The van der Waals surface area contributed by atoms with Crippen LogP contribution in [0.5, 0.6) is 0 Å². The first-order valence-corrected chi connectivity index (χ1v) is 13.1. The van der Waals surface area contributed by atoms with Gasteiger partial charge in [0.25, 0.3) is 0 Å². The number of hydrogen-bond donors (Lipinski definition) is 0. The number of anilines is 1. The molecule has 5 rings (SSSR count). The summed E-state index contributed by atoms with van der Waals surface area (Å²) in [6, 6.07) is 23.2. The van der Waals surface area contributed by atoms with Crippen molar-refractivity contribution in [2.24, 2.45) is 0 Å². The van der Waals surface area contributed by atoms with Gasteiger partial charge in [0.15, 0.2) is 0 Å². The second-order valence-electron chi connectivity index (χ2n) is 9.15. The van der Waals surface area contributed by atoms with E-state index in [-0.39, 0.29) is 11.2 Å². The van der Waals surface area contributed by atoms with E-state index >= 15 is 0 Å². The molecule has 34 heavy (non-hydrogen) atoms. The molecule has 1 amide bonds. The van der Waals surface area contributed by atoms with Crippen LogP contribution in [0.4, 0.5) is 5.69 Å². The Labute approximate surface area is 206 Å². The summed E-state index contributed by atoms with van der Waals surface area (Å²) in [4.78, 5) is 20.5. The molecule has 0 saturated carbocycles. The Morgan fingerprint density at radius 2 is 1.94 bits per heavy atom. The van der Waals surface area contributed by atoms with E-state index in [9.17, 15) is 10.1 Å². The van der Waals surface area contributed by atoms with Gasteiger partial charge in [-0.05, 0) is 73.3 Å².